The van der Waals surface area contributed by atoms with Crippen molar-refractivity contribution in [1.29, 1.82) is 0 Å². The average molecular weight is 290 g/mol. The maximum atomic E-state index is 11.4. The summed E-state index contributed by atoms with van der Waals surface area (Å²) >= 11 is 1.12. The Morgan fingerprint density at radius 1 is 1.10 bits per heavy atom. The van der Waals surface area contributed by atoms with Crippen LogP contribution in [0.25, 0.3) is 0 Å². The zero-order chi connectivity index (χ0) is 14.9. The molecule has 0 radical (unpaired) electrons. The number of carboxylic acids is 1. The highest BCUT2D eigenvalue weighted by atomic mass is 32.2. The number of carboxylic acid groups (broad SMARTS) is 1. The van der Waals surface area contributed by atoms with Crippen LogP contribution in [0.15, 0.2) is 16.2 Å². The van der Waals surface area contributed by atoms with Crippen LogP contribution in [0.1, 0.15) is 33.0 Å². The molecule has 20 heavy (non-hydrogen) atoms. The Hall–Kier alpha value is -2.02. The molecule has 6 nitrogen and oxygen atoms in total. The number of carbonyl (C=O) groups is 1. The first kappa shape index (κ1) is 14.4. The molecule has 7 heteroatoms. The van der Waals surface area contributed by atoms with E-state index in [0.29, 0.717) is 15.7 Å². The fourth-order valence-electron chi connectivity index (χ4n) is 1.70. The molecule has 0 aliphatic rings. The maximum absolute atomic E-state index is 11.4. The van der Waals surface area contributed by atoms with Gasteiger partial charge in [-0.2, -0.15) is 5.10 Å². The minimum atomic E-state index is -1.01. The topological polar surface area (TPSA) is 88.9 Å². The first-order valence-electron chi connectivity index (χ1n) is 5.95. The first-order valence-corrected chi connectivity index (χ1v) is 6.77. The molecular weight excluding hydrogens is 276 g/mol. The molecule has 0 unspecified atom stereocenters. The number of pyridine rings is 1. The molecule has 0 bridgehead atoms. The van der Waals surface area contributed by atoms with Crippen molar-refractivity contribution in [2.45, 2.75) is 37.9 Å². The van der Waals surface area contributed by atoms with Gasteiger partial charge in [0.25, 0.3) is 0 Å². The molecule has 0 spiro atoms. The lowest BCUT2D eigenvalue weighted by atomic mass is 10.1. The second kappa shape index (κ2) is 5.54. The molecule has 0 fully saturated rings. The lowest BCUT2D eigenvalue weighted by molar-refractivity contribution is 0.0691. The Morgan fingerprint density at radius 3 is 2.40 bits per heavy atom. The zero-order valence-corrected chi connectivity index (χ0v) is 12.4. The third kappa shape index (κ3) is 2.93. The van der Waals surface area contributed by atoms with Gasteiger partial charge in [0.1, 0.15) is 5.03 Å². The van der Waals surface area contributed by atoms with Gasteiger partial charge in [-0.05, 0) is 51.1 Å². The van der Waals surface area contributed by atoms with Crippen LogP contribution in [0.4, 0.5) is 0 Å². The third-order valence-corrected chi connectivity index (χ3v) is 3.63. The van der Waals surface area contributed by atoms with E-state index in [1.165, 1.54) is 0 Å². The SMILES string of the molecule is Cc1cc(C)c(C(=O)O)c(Sc2nnc(C)c(C)n2)n1. The standard InChI is InChI=1S/C13H14N4O2S/c1-6-5-7(2)14-11(10(6)12(18)19)20-13-15-8(3)9(4)16-17-13/h5H,1-4H3,(H,18,19). The van der Waals surface area contributed by atoms with Gasteiger partial charge >= 0.3 is 5.97 Å². The van der Waals surface area contributed by atoms with Crippen molar-refractivity contribution in [3.63, 3.8) is 0 Å². The summed E-state index contributed by atoms with van der Waals surface area (Å²) in [5.41, 5.74) is 3.13. The van der Waals surface area contributed by atoms with Gasteiger partial charge in [0, 0.05) is 5.69 Å². The molecule has 0 atom stereocenters. The van der Waals surface area contributed by atoms with E-state index in [2.05, 4.69) is 20.2 Å². The molecule has 0 saturated heterocycles. The van der Waals surface area contributed by atoms with E-state index in [-0.39, 0.29) is 5.56 Å². The normalized spacial score (nSPS) is 10.6. The van der Waals surface area contributed by atoms with Gasteiger partial charge in [-0.3, -0.25) is 0 Å². The molecule has 2 aromatic heterocycles. The van der Waals surface area contributed by atoms with Gasteiger partial charge in [-0.15, -0.1) is 5.10 Å². The van der Waals surface area contributed by atoms with Crippen LogP contribution in [-0.2, 0) is 0 Å². The molecule has 2 heterocycles. The fraction of sp³-hybridized carbons (Fsp3) is 0.308. The van der Waals surface area contributed by atoms with E-state index >= 15 is 0 Å². The Balaban J connectivity index is 2.47. The van der Waals surface area contributed by atoms with E-state index in [4.69, 9.17) is 0 Å². The second-order valence-electron chi connectivity index (χ2n) is 4.43. The third-order valence-electron chi connectivity index (χ3n) is 2.79. The van der Waals surface area contributed by atoms with E-state index in [9.17, 15) is 9.90 Å². The smallest absolute Gasteiger partial charge is 0.338 e. The summed E-state index contributed by atoms with van der Waals surface area (Å²) in [6, 6.07) is 1.74. The van der Waals surface area contributed by atoms with E-state index in [1.54, 1.807) is 13.0 Å². The lowest BCUT2D eigenvalue weighted by Crippen LogP contribution is -2.06. The zero-order valence-electron chi connectivity index (χ0n) is 11.6. The van der Waals surface area contributed by atoms with Gasteiger partial charge in [0.15, 0.2) is 0 Å². The van der Waals surface area contributed by atoms with Gasteiger partial charge in [-0.25, -0.2) is 14.8 Å². The van der Waals surface area contributed by atoms with Crippen LogP contribution in [0.3, 0.4) is 0 Å². The van der Waals surface area contributed by atoms with Gasteiger partial charge < -0.3 is 5.11 Å². The second-order valence-corrected chi connectivity index (χ2v) is 5.39. The van der Waals surface area contributed by atoms with Crippen LogP contribution in [0, 0.1) is 27.7 Å². The van der Waals surface area contributed by atoms with Crippen molar-refractivity contribution in [3.05, 3.63) is 34.3 Å². The van der Waals surface area contributed by atoms with Gasteiger partial charge in [0.05, 0.1) is 17.0 Å². The van der Waals surface area contributed by atoms with Crippen molar-refractivity contribution in [2.24, 2.45) is 0 Å². The molecule has 0 aliphatic heterocycles. The van der Waals surface area contributed by atoms with Crippen molar-refractivity contribution < 1.29 is 9.90 Å². The Morgan fingerprint density at radius 2 is 1.80 bits per heavy atom. The predicted octanol–water partition coefficient (Wildman–Crippen LogP) is 2.35. The predicted molar refractivity (Wildman–Crippen MR) is 74.1 cm³/mol. The number of nitrogens with zero attached hydrogens (tertiary/aromatic N) is 4. The average Bonchev–Trinajstić information content (AvgIpc) is 2.32. The summed E-state index contributed by atoms with van der Waals surface area (Å²) in [4.78, 5) is 19.9. The number of aromatic nitrogens is 4. The number of rotatable bonds is 3. The quantitative estimate of drug-likeness (QED) is 0.928. The largest absolute Gasteiger partial charge is 0.478 e. The van der Waals surface area contributed by atoms with Crippen LogP contribution >= 0.6 is 11.8 Å². The van der Waals surface area contributed by atoms with E-state index < -0.39 is 5.97 Å². The van der Waals surface area contributed by atoms with Crippen LogP contribution < -0.4 is 0 Å². The van der Waals surface area contributed by atoms with Crippen molar-refractivity contribution >= 4 is 17.7 Å². The molecule has 0 aromatic carbocycles. The van der Waals surface area contributed by atoms with Crippen LogP contribution in [-0.4, -0.2) is 31.2 Å². The molecule has 0 amide bonds. The molecule has 104 valence electrons. The summed E-state index contributed by atoms with van der Waals surface area (Å²) in [5.74, 6) is -1.01. The molecule has 2 rings (SSSR count). The summed E-state index contributed by atoms with van der Waals surface area (Å²) in [6.07, 6.45) is 0. The van der Waals surface area contributed by atoms with E-state index in [0.717, 1.165) is 28.8 Å². The minimum absolute atomic E-state index is 0.183. The number of hydrogen-bond acceptors (Lipinski definition) is 6. The van der Waals surface area contributed by atoms with Crippen molar-refractivity contribution in [2.75, 3.05) is 0 Å². The molecular formula is C13H14N4O2S. The summed E-state index contributed by atoms with van der Waals surface area (Å²) < 4.78 is 0. The summed E-state index contributed by atoms with van der Waals surface area (Å²) in [6.45, 7) is 7.23. The lowest BCUT2D eigenvalue weighted by Gasteiger charge is -2.08. The highest BCUT2D eigenvalue weighted by Gasteiger charge is 2.18. The first-order chi connectivity index (χ1) is 9.38. The molecule has 0 saturated carbocycles. The summed E-state index contributed by atoms with van der Waals surface area (Å²) in [7, 11) is 0. The Bertz CT molecular complexity index is 688. The monoisotopic (exact) mass is 290 g/mol. The minimum Gasteiger partial charge on any atom is -0.478 e. The molecule has 2 aromatic rings. The Kier molecular flexibility index (Phi) is 3.99. The van der Waals surface area contributed by atoms with Crippen molar-refractivity contribution in [1.82, 2.24) is 20.2 Å². The fourth-order valence-corrected chi connectivity index (χ4v) is 2.68. The van der Waals surface area contributed by atoms with Crippen LogP contribution in [0.2, 0.25) is 0 Å². The van der Waals surface area contributed by atoms with Gasteiger partial charge in [0.2, 0.25) is 5.16 Å². The van der Waals surface area contributed by atoms with Crippen molar-refractivity contribution in [3.8, 4) is 0 Å². The van der Waals surface area contributed by atoms with Gasteiger partial charge in [-0.1, -0.05) is 0 Å². The maximum Gasteiger partial charge on any atom is 0.338 e. The molecule has 0 aliphatic carbocycles. The molecule has 1 N–H and O–H groups in total. The Labute approximate surface area is 120 Å². The number of aromatic carboxylic acids is 1. The number of hydrogen-bond donors (Lipinski definition) is 1. The highest BCUT2D eigenvalue weighted by Crippen LogP contribution is 2.28. The van der Waals surface area contributed by atoms with E-state index in [1.807, 2.05) is 20.8 Å². The number of aryl methyl sites for hydroxylation is 4. The van der Waals surface area contributed by atoms with Crippen LogP contribution in [0.5, 0.6) is 0 Å². The summed E-state index contributed by atoms with van der Waals surface area (Å²) in [5, 5.41) is 18.0. The highest BCUT2D eigenvalue weighted by molar-refractivity contribution is 7.99.